The molecule has 0 unspecified atom stereocenters. The van der Waals surface area contributed by atoms with Crippen molar-refractivity contribution in [2.24, 2.45) is 0 Å². The van der Waals surface area contributed by atoms with Crippen molar-refractivity contribution in [2.45, 2.75) is 0 Å². The molecule has 0 aliphatic carbocycles. The third kappa shape index (κ3) is 8.49. The number of aromatic nitrogens is 2. The lowest BCUT2D eigenvalue weighted by Gasteiger charge is -2.12. The summed E-state index contributed by atoms with van der Waals surface area (Å²) in [5.41, 5.74) is 0.164. The van der Waals surface area contributed by atoms with Gasteiger partial charge in [0.2, 0.25) is 0 Å². The highest BCUT2D eigenvalue weighted by molar-refractivity contribution is 7.49. The first-order valence-electron chi connectivity index (χ1n) is 7.15. The zero-order valence-electron chi connectivity index (χ0n) is 14.6. The van der Waals surface area contributed by atoms with Crippen molar-refractivity contribution in [3.63, 3.8) is 0 Å². The summed E-state index contributed by atoms with van der Waals surface area (Å²) >= 11 is 0. The van der Waals surface area contributed by atoms with E-state index in [0.717, 1.165) is 20.4 Å². The molecule has 2 N–H and O–H groups in total. The molecular formula is C14H16N2O10P2. The molecule has 12 nitrogen and oxygen atoms in total. The number of phosphoric acid groups is 2. The van der Waals surface area contributed by atoms with E-state index in [2.05, 4.69) is 28.1 Å². The fraction of sp³-hybridized carbons (Fsp3) is 0.143. The Morgan fingerprint density at radius 3 is 1.61 bits per heavy atom. The van der Waals surface area contributed by atoms with Crippen LogP contribution in [0.1, 0.15) is 20.7 Å². The van der Waals surface area contributed by atoms with Crippen LogP contribution in [-0.2, 0) is 27.2 Å². The van der Waals surface area contributed by atoms with Crippen molar-refractivity contribution in [2.75, 3.05) is 14.2 Å². The lowest BCUT2D eigenvalue weighted by molar-refractivity contribution is 0.0636. The molecule has 0 aromatic carbocycles. The highest BCUT2D eigenvalue weighted by atomic mass is 31.2. The SMILES string of the molecule is COP(=O)(OC)OC(=O)c1cccnc1.O=C(OP(=O)(O)O)c1cccnc1. The zero-order valence-corrected chi connectivity index (χ0v) is 16.4. The summed E-state index contributed by atoms with van der Waals surface area (Å²) in [7, 11) is -6.29. The van der Waals surface area contributed by atoms with Crippen LogP contribution in [0.4, 0.5) is 0 Å². The van der Waals surface area contributed by atoms with Crippen molar-refractivity contribution in [3.8, 4) is 0 Å². The quantitative estimate of drug-likeness (QED) is 0.634. The van der Waals surface area contributed by atoms with E-state index >= 15 is 0 Å². The van der Waals surface area contributed by atoms with Crippen LogP contribution >= 0.6 is 15.6 Å². The lowest BCUT2D eigenvalue weighted by atomic mass is 10.3. The topological polar surface area (TPSA) is 171 Å². The van der Waals surface area contributed by atoms with E-state index < -0.39 is 27.6 Å². The Labute approximate surface area is 159 Å². The van der Waals surface area contributed by atoms with Crippen molar-refractivity contribution in [1.29, 1.82) is 0 Å². The summed E-state index contributed by atoms with van der Waals surface area (Å²) in [5.74, 6) is -1.91. The minimum absolute atomic E-state index is 0.00850. The number of nitrogens with zero attached hydrogens (tertiary/aromatic N) is 2. The molecule has 0 amide bonds. The fourth-order valence-electron chi connectivity index (χ4n) is 1.43. The Morgan fingerprint density at radius 1 is 0.857 bits per heavy atom. The standard InChI is InChI=1S/C8H10NO5P.C6H6NO5P/c1-12-15(11,13-2)14-8(10)7-4-3-5-9-6-7;8-6(12-13(9,10)11)5-2-1-3-7-4-5/h3-6H,1-2H3;1-4H,(H2,9,10,11). The molecule has 2 rings (SSSR count). The Bertz CT molecular complexity index is 864. The highest BCUT2D eigenvalue weighted by Crippen LogP contribution is 2.48. The monoisotopic (exact) mass is 434 g/mol. The van der Waals surface area contributed by atoms with E-state index in [4.69, 9.17) is 9.79 Å². The van der Waals surface area contributed by atoms with Gasteiger partial charge >= 0.3 is 27.6 Å². The molecule has 0 spiro atoms. The molecule has 2 heterocycles. The van der Waals surface area contributed by atoms with Crippen LogP contribution in [0.25, 0.3) is 0 Å². The molecular weight excluding hydrogens is 418 g/mol. The number of hydrogen-bond donors (Lipinski definition) is 2. The smallest absolute Gasteiger partial charge is 0.367 e. The molecule has 152 valence electrons. The second-order valence-electron chi connectivity index (χ2n) is 4.54. The van der Waals surface area contributed by atoms with Gasteiger partial charge in [0, 0.05) is 39.0 Å². The number of carbonyl (C=O) groups is 2. The maximum atomic E-state index is 11.4. The maximum Gasteiger partial charge on any atom is 0.531 e. The third-order valence-electron chi connectivity index (χ3n) is 2.64. The second kappa shape index (κ2) is 10.8. The van der Waals surface area contributed by atoms with Crippen LogP contribution < -0.4 is 0 Å². The summed E-state index contributed by atoms with van der Waals surface area (Å²) in [6, 6.07) is 5.83. The molecule has 0 aliphatic heterocycles. The second-order valence-corrected chi connectivity index (χ2v) is 7.51. The molecule has 0 atom stereocenters. The summed E-state index contributed by atoms with van der Waals surface area (Å²) in [4.78, 5) is 46.2. The molecule has 0 radical (unpaired) electrons. The first kappa shape index (κ1) is 23.6. The van der Waals surface area contributed by atoms with Gasteiger partial charge in [-0.05, 0) is 24.3 Å². The Morgan fingerprint density at radius 2 is 1.29 bits per heavy atom. The summed E-state index contributed by atoms with van der Waals surface area (Å²) in [6.45, 7) is 0. The van der Waals surface area contributed by atoms with Gasteiger partial charge in [0.25, 0.3) is 0 Å². The van der Waals surface area contributed by atoms with Gasteiger partial charge in [-0.1, -0.05) is 0 Å². The van der Waals surface area contributed by atoms with E-state index in [0.29, 0.717) is 0 Å². The highest BCUT2D eigenvalue weighted by Gasteiger charge is 2.28. The van der Waals surface area contributed by atoms with Crippen LogP contribution in [0.2, 0.25) is 0 Å². The Hall–Kier alpha value is -2.46. The number of pyridine rings is 2. The van der Waals surface area contributed by atoms with Crippen molar-refractivity contribution >= 4 is 27.6 Å². The van der Waals surface area contributed by atoms with Gasteiger partial charge in [0.15, 0.2) is 0 Å². The van der Waals surface area contributed by atoms with Crippen LogP contribution in [0.3, 0.4) is 0 Å². The van der Waals surface area contributed by atoms with Crippen molar-refractivity contribution in [1.82, 2.24) is 9.97 Å². The summed E-state index contributed by atoms with van der Waals surface area (Å²) < 4.78 is 38.9. The van der Waals surface area contributed by atoms with Crippen LogP contribution in [0.5, 0.6) is 0 Å². The number of carbonyl (C=O) groups excluding carboxylic acids is 2. The van der Waals surface area contributed by atoms with Gasteiger partial charge in [-0.15, -0.1) is 0 Å². The maximum absolute atomic E-state index is 11.4. The Kier molecular flexibility index (Phi) is 9.07. The zero-order chi connectivity index (χ0) is 21.2. The molecule has 0 bridgehead atoms. The van der Waals surface area contributed by atoms with Crippen LogP contribution in [0, 0.1) is 0 Å². The van der Waals surface area contributed by atoms with Gasteiger partial charge in [-0.2, -0.15) is 0 Å². The predicted octanol–water partition coefficient (Wildman–Crippen LogP) is 1.97. The Balaban J connectivity index is 0.000000283. The molecule has 0 saturated carbocycles. The van der Waals surface area contributed by atoms with E-state index in [1.165, 1.54) is 36.8 Å². The first-order valence-corrected chi connectivity index (χ1v) is 10.1. The average Bonchev–Trinajstić information content (AvgIpc) is 2.68. The first-order chi connectivity index (χ1) is 13.1. The van der Waals surface area contributed by atoms with Gasteiger partial charge < -0.3 is 9.05 Å². The normalized spacial score (nSPS) is 11.0. The van der Waals surface area contributed by atoms with E-state index in [1.54, 1.807) is 6.07 Å². The number of hydrogen-bond acceptors (Lipinski definition) is 10. The van der Waals surface area contributed by atoms with Gasteiger partial charge in [-0.3, -0.25) is 28.8 Å². The molecule has 0 saturated heterocycles. The summed E-state index contributed by atoms with van der Waals surface area (Å²) in [6.07, 6.45) is 5.37. The molecule has 2 aromatic rings. The number of phosphoric ester groups is 2. The van der Waals surface area contributed by atoms with E-state index in [-0.39, 0.29) is 11.1 Å². The van der Waals surface area contributed by atoms with Gasteiger partial charge in [-0.25, -0.2) is 18.7 Å². The van der Waals surface area contributed by atoms with Crippen molar-refractivity contribution in [3.05, 3.63) is 60.2 Å². The number of rotatable bonds is 6. The molecule has 2 aromatic heterocycles. The average molecular weight is 434 g/mol. The van der Waals surface area contributed by atoms with E-state index in [9.17, 15) is 18.7 Å². The van der Waals surface area contributed by atoms with Crippen molar-refractivity contribution < 1.29 is 46.6 Å². The molecule has 0 aliphatic rings. The third-order valence-corrected chi connectivity index (χ3v) is 4.33. The van der Waals surface area contributed by atoms with Gasteiger partial charge in [0.1, 0.15) is 0 Å². The summed E-state index contributed by atoms with van der Waals surface area (Å²) in [5, 5.41) is 0. The minimum atomic E-state index is -4.76. The van der Waals surface area contributed by atoms with Crippen LogP contribution in [0.15, 0.2) is 49.1 Å². The fourth-order valence-corrected chi connectivity index (χ4v) is 2.36. The minimum Gasteiger partial charge on any atom is -0.367 e. The van der Waals surface area contributed by atoms with E-state index in [1.807, 2.05) is 0 Å². The molecule has 28 heavy (non-hydrogen) atoms. The molecule has 0 fully saturated rings. The predicted molar refractivity (Wildman–Crippen MR) is 93.0 cm³/mol. The molecule has 14 heteroatoms. The van der Waals surface area contributed by atoms with Gasteiger partial charge in [0.05, 0.1) is 11.1 Å². The lowest BCUT2D eigenvalue weighted by Crippen LogP contribution is -2.05. The largest absolute Gasteiger partial charge is 0.531 e. The van der Waals surface area contributed by atoms with Crippen LogP contribution in [-0.4, -0.2) is 45.9 Å².